The van der Waals surface area contributed by atoms with Crippen LogP contribution in [0, 0.1) is 13.8 Å². The Bertz CT molecular complexity index is 556. The largest absolute Gasteiger partial charge is 0.294 e. The third-order valence-electron chi connectivity index (χ3n) is 3.05. The second-order valence-electron chi connectivity index (χ2n) is 4.28. The van der Waals surface area contributed by atoms with E-state index >= 15 is 0 Å². The monoisotopic (exact) mass is 238 g/mol. The zero-order chi connectivity index (χ0) is 11.9. The first-order chi connectivity index (χ1) is 7.42. The Hall–Kier alpha value is -1.16. The van der Waals surface area contributed by atoms with Gasteiger partial charge in [-0.2, -0.15) is 0 Å². The molecule has 0 aromatic heterocycles. The van der Waals surface area contributed by atoms with E-state index in [1.165, 1.54) is 0 Å². The first-order valence-electron chi connectivity index (χ1n) is 5.29. The summed E-state index contributed by atoms with van der Waals surface area (Å²) < 4.78 is 23.9. The van der Waals surface area contributed by atoms with Crippen LogP contribution in [0.3, 0.4) is 0 Å². The highest BCUT2D eigenvalue weighted by Gasteiger charge is 2.26. The molecule has 4 heteroatoms. The second kappa shape index (κ2) is 3.70. The molecule has 1 heterocycles. The van der Waals surface area contributed by atoms with Crippen molar-refractivity contribution in [1.29, 1.82) is 0 Å². The molecule has 2 rings (SSSR count). The van der Waals surface area contributed by atoms with Crippen LogP contribution in [0.4, 0.5) is 0 Å². The van der Waals surface area contributed by atoms with E-state index in [4.69, 9.17) is 0 Å². The average molecular weight is 238 g/mol. The lowest BCUT2D eigenvalue weighted by molar-refractivity contribution is 0.0980. The number of carbonyl (C=O) groups is 1. The minimum atomic E-state index is -3.27. The summed E-state index contributed by atoms with van der Waals surface area (Å²) in [5.74, 6) is 0.0213. The highest BCUT2D eigenvalue weighted by molar-refractivity contribution is 7.91. The Balaban J connectivity index is 2.78. The highest BCUT2D eigenvalue weighted by Crippen LogP contribution is 2.27. The van der Waals surface area contributed by atoms with E-state index in [-0.39, 0.29) is 16.4 Å². The molecule has 0 saturated carbocycles. The minimum absolute atomic E-state index is 0.0563. The zero-order valence-electron chi connectivity index (χ0n) is 9.41. The fourth-order valence-electron chi connectivity index (χ4n) is 1.93. The van der Waals surface area contributed by atoms with Crippen LogP contribution in [0.5, 0.6) is 0 Å². The maximum atomic E-state index is 11.9. The normalized spacial score (nSPS) is 19.0. The van der Waals surface area contributed by atoms with Crippen LogP contribution in [0.2, 0.25) is 0 Å². The molecule has 0 bridgehead atoms. The molecule has 0 fully saturated rings. The fraction of sp³-hybridized carbons (Fsp3) is 0.417. The molecule has 0 spiro atoms. The summed E-state index contributed by atoms with van der Waals surface area (Å²) >= 11 is 0. The molecule has 86 valence electrons. The Morgan fingerprint density at radius 3 is 2.44 bits per heavy atom. The van der Waals surface area contributed by atoms with Crippen molar-refractivity contribution in [3.8, 4) is 0 Å². The van der Waals surface area contributed by atoms with Gasteiger partial charge in [0.25, 0.3) is 0 Å². The van der Waals surface area contributed by atoms with Crippen LogP contribution in [0.1, 0.15) is 34.3 Å². The standard InChI is InChI=1S/C12H14O3S/c1-8-6-10-11(13)4-3-5-16(14,15)12(10)7-9(8)2/h6-7H,3-5H2,1-2H3. The number of fused-ring (bicyclic) bond motifs is 1. The highest BCUT2D eigenvalue weighted by atomic mass is 32.2. The number of sulfone groups is 1. The van der Waals surface area contributed by atoms with E-state index in [9.17, 15) is 13.2 Å². The molecule has 1 aliphatic rings. The van der Waals surface area contributed by atoms with E-state index in [1.54, 1.807) is 12.1 Å². The molecular formula is C12H14O3S. The van der Waals surface area contributed by atoms with Crippen molar-refractivity contribution in [3.05, 3.63) is 28.8 Å². The number of hydrogen-bond donors (Lipinski definition) is 0. The van der Waals surface area contributed by atoms with Gasteiger partial charge >= 0.3 is 0 Å². The smallest absolute Gasteiger partial charge is 0.179 e. The first kappa shape index (κ1) is 11.3. The lowest BCUT2D eigenvalue weighted by Crippen LogP contribution is -2.08. The maximum Gasteiger partial charge on any atom is 0.179 e. The van der Waals surface area contributed by atoms with Gasteiger partial charge in [0.1, 0.15) is 0 Å². The lowest BCUT2D eigenvalue weighted by atomic mass is 10.0. The van der Waals surface area contributed by atoms with Gasteiger partial charge < -0.3 is 0 Å². The Morgan fingerprint density at radius 1 is 1.12 bits per heavy atom. The van der Waals surface area contributed by atoms with Gasteiger partial charge in [-0.15, -0.1) is 0 Å². The van der Waals surface area contributed by atoms with Crippen molar-refractivity contribution in [2.24, 2.45) is 0 Å². The summed E-state index contributed by atoms with van der Waals surface area (Å²) in [6.07, 6.45) is 0.753. The van der Waals surface area contributed by atoms with Crippen molar-refractivity contribution in [1.82, 2.24) is 0 Å². The maximum absolute atomic E-state index is 11.9. The van der Waals surface area contributed by atoms with E-state index in [2.05, 4.69) is 0 Å². The predicted octanol–water partition coefficient (Wildman–Crippen LogP) is 2.05. The SMILES string of the molecule is Cc1cc2c(cc1C)S(=O)(=O)CCCC2=O. The quantitative estimate of drug-likeness (QED) is 0.695. The molecule has 0 atom stereocenters. The third-order valence-corrected chi connectivity index (χ3v) is 4.88. The minimum Gasteiger partial charge on any atom is -0.294 e. The summed E-state index contributed by atoms with van der Waals surface area (Å²) in [5.41, 5.74) is 2.25. The van der Waals surface area contributed by atoms with Crippen LogP contribution in [0.15, 0.2) is 17.0 Å². The van der Waals surface area contributed by atoms with Crippen molar-refractivity contribution in [2.75, 3.05) is 5.75 Å². The molecule has 1 aromatic carbocycles. The molecule has 0 saturated heterocycles. The van der Waals surface area contributed by atoms with Crippen molar-refractivity contribution >= 4 is 15.6 Å². The van der Waals surface area contributed by atoms with Gasteiger partial charge in [0.15, 0.2) is 15.6 Å². The van der Waals surface area contributed by atoms with Crippen LogP contribution in [-0.4, -0.2) is 20.0 Å². The number of ketones is 1. The van der Waals surface area contributed by atoms with Crippen LogP contribution >= 0.6 is 0 Å². The van der Waals surface area contributed by atoms with Gasteiger partial charge in [0.05, 0.1) is 10.6 Å². The molecule has 3 nitrogen and oxygen atoms in total. The van der Waals surface area contributed by atoms with E-state index in [0.29, 0.717) is 18.4 Å². The summed E-state index contributed by atoms with van der Waals surface area (Å²) in [6, 6.07) is 3.33. The number of aryl methyl sites for hydroxylation is 2. The zero-order valence-corrected chi connectivity index (χ0v) is 10.2. The number of benzene rings is 1. The van der Waals surface area contributed by atoms with Crippen LogP contribution in [-0.2, 0) is 9.84 Å². The molecule has 1 aromatic rings. The Morgan fingerprint density at radius 2 is 1.75 bits per heavy atom. The number of Topliss-reactive ketones (excluding diaryl/α,β-unsaturated/α-hetero) is 1. The topological polar surface area (TPSA) is 51.2 Å². The molecule has 0 amide bonds. The molecule has 16 heavy (non-hydrogen) atoms. The van der Waals surface area contributed by atoms with Gasteiger partial charge in [-0.25, -0.2) is 8.42 Å². The number of carbonyl (C=O) groups excluding carboxylic acids is 1. The van der Waals surface area contributed by atoms with Crippen molar-refractivity contribution < 1.29 is 13.2 Å². The van der Waals surface area contributed by atoms with Gasteiger partial charge in [-0.3, -0.25) is 4.79 Å². The van der Waals surface area contributed by atoms with Crippen LogP contribution < -0.4 is 0 Å². The molecule has 1 aliphatic heterocycles. The summed E-state index contributed by atoms with van der Waals surface area (Å²) in [4.78, 5) is 12.0. The lowest BCUT2D eigenvalue weighted by Gasteiger charge is -2.08. The first-order valence-corrected chi connectivity index (χ1v) is 6.94. The van der Waals surface area contributed by atoms with E-state index < -0.39 is 9.84 Å². The van der Waals surface area contributed by atoms with Crippen molar-refractivity contribution in [3.63, 3.8) is 0 Å². The predicted molar refractivity (Wildman–Crippen MR) is 61.5 cm³/mol. The van der Waals surface area contributed by atoms with E-state index in [1.807, 2.05) is 13.8 Å². The van der Waals surface area contributed by atoms with E-state index in [0.717, 1.165) is 11.1 Å². The third kappa shape index (κ3) is 1.78. The summed E-state index contributed by atoms with van der Waals surface area (Å²) in [5, 5.41) is 0. The molecule has 0 radical (unpaired) electrons. The number of rotatable bonds is 0. The Kier molecular flexibility index (Phi) is 2.62. The van der Waals surface area contributed by atoms with Gasteiger partial charge in [-0.1, -0.05) is 0 Å². The number of hydrogen-bond acceptors (Lipinski definition) is 3. The molecule has 0 unspecified atom stereocenters. The molecule has 0 aliphatic carbocycles. The fourth-order valence-corrected chi connectivity index (χ4v) is 3.54. The summed E-state index contributed by atoms with van der Waals surface area (Å²) in [7, 11) is -3.27. The average Bonchev–Trinajstić information content (AvgIpc) is 2.29. The molecular weight excluding hydrogens is 224 g/mol. The van der Waals surface area contributed by atoms with Crippen molar-refractivity contribution in [2.45, 2.75) is 31.6 Å². The van der Waals surface area contributed by atoms with Crippen LogP contribution in [0.25, 0.3) is 0 Å². The van der Waals surface area contributed by atoms with Gasteiger partial charge in [0.2, 0.25) is 0 Å². The van der Waals surface area contributed by atoms with Gasteiger partial charge in [0, 0.05) is 12.0 Å². The summed E-state index contributed by atoms with van der Waals surface area (Å²) in [6.45, 7) is 3.75. The second-order valence-corrected chi connectivity index (χ2v) is 6.36. The molecule has 0 N–H and O–H groups in total. The van der Waals surface area contributed by atoms with Gasteiger partial charge in [-0.05, 0) is 43.5 Å². The Labute approximate surface area is 95.4 Å².